The molecule has 1 aliphatic rings. The van der Waals surface area contributed by atoms with Gasteiger partial charge in [-0.15, -0.1) is 0 Å². The number of alkyl halides is 3. The molecule has 0 spiro atoms. The number of carboxylic acids is 1. The Morgan fingerprint density at radius 3 is 2.47 bits per heavy atom. The minimum atomic E-state index is -4.71. The molecule has 0 radical (unpaired) electrons. The first-order chi connectivity index (χ1) is 14.1. The molecule has 1 heterocycles. The number of halogens is 4. The van der Waals surface area contributed by atoms with E-state index in [1.165, 1.54) is 6.08 Å². The molecule has 30 heavy (non-hydrogen) atoms. The van der Waals surface area contributed by atoms with E-state index in [-0.39, 0.29) is 25.6 Å². The van der Waals surface area contributed by atoms with Crippen molar-refractivity contribution in [1.82, 2.24) is 5.32 Å². The number of aliphatic carboxylic acids is 1. The number of amides is 1. The van der Waals surface area contributed by atoms with Crippen LogP contribution in [0.25, 0.3) is 0 Å². The zero-order chi connectivity index (χ0) is 21.9. The summed E-state index contributed by atoms with van der Waals surface area (Å²) in [6.45, 7) is 0.171. The van der Waals surface area contributed by atoms with Crippen molar-refractivity contribution >= 4 is 11.9 Å². The van der Waals surface area contributed by atoms with Gasteiger partial charge in [0, 0.05) is 13.0 Å². The largest absolute Gasteiger partial charge is 0.479 e. The predicted octanol–water partition coefficient (Wildman–Crippen LogP) is 3.73. The summed E-state index contributed by atoms with van der Waals surface area (Å²) in [5.74, 6) is -3.26. The van der Waals surface area contributed by atoms with E-state index >= 15 is 0 Å². The van der Waals surface area contributed by atoms with Crippen LogP contribution in [-0.4, -0.2) is 29.2 Å². The van der Waals surface area contributed by atoms with E-state index in [4.69, 9.17) is 4.74 Å². The smallest absolute Gasteiger partial charge is 0.416 e. The lowest BCUT2D eigenvalue weighted by molar-refractivity contribution is -0.156. The highest BCUT2D eigenvalue weighted by atomic mass is 19.4. The van der Waals surface area contributed by atoms with Crippen LogP contribution in [0.15, 0.2) is 54.6 Å². The van der Waals surface area contributed by atoms with Crippen LogP contribution in [0.1, 0.15) is 27.0 Å². The lowest BCUT2D eigenvalue weighted by Crippen LogP contribution is -2.39. The molecule has 0 saturated heterocycles. The summed E-state index contributed by atoms with van der Waals surface area (Å²) in [5, 5.41) is 11.9. The second-order valence-electron chi connectivity index (χ2n) is 6.78. The van der Waals surface area contributed by atoms with Crippen molar-refractivity contribution in [2.45, 2.75) is 24.7 Å². The molecule has 1 unspecified atom stereocenters. The summed E-state index contributed by atoms with van der Waals surface area (Å²) in [5.41, 5.74) is -1.88. The summed E-state index contributed by atoms with van der Waals surface area (Å²) in [6, 6.07) is 8.42. The van der Waals surface area contributed by atoms with Crippen LogP contribution in [0.4, 0.5) is 17.6 Å². The van der Waals surface area contributed by atoms with Gasteiger partial charge in [0.05, 0.1) is 17.7 Å². The second kappa shape index (κ2) is 8.27. The molecule has 2 aromatic rings. The van der Waals surface area contributed by atoms with Gasteiger partial charge in [0.1, 0.15) is 5.82 Å². The molecular formula is C21H17F4NO4. The number of benzene rings is 2. The third-order valence-corrected chi connectivity index (χ3v) is 4.64. The Morgan fingerprint density at radius 1 is 1.13 bits per heavy atom. The molecule has 0 saturated carbocycles. The maximum Gasteiger partial charge on any atom is 0.416 e. The number of ether oxygens (including phenoxy) is 1. The minimum Gasteiger partial charge on any atom is -0.479 e. The van der Waals surface area contributed by atoms with Gasteiger partial charge in [0.25, 0.3) is 5.91 Å². The van der Waals surface area contributed by atoms with Crippen LogP contribution in [0.3, 0.4) is 0 Å². The molecule has 0 bridgehead atoms. The van der Waals surface area contributed by atoms with E-state index < -0.39 is 40.6 Å². The van der Waals surface area contributed by atoms with Gasteiger partial charge in [-0.3, -0.25) is 4.79 Å². The zero-order valence-electron chi connectivity index (χ0n) is 15.5. The lowest BCUT2D eigenvalue weighted by atomic mass is 9.94. The van der Waals surface area contributed by atoms with Gasteiger partial charge >= 0.3 is 12.1 Å². The Labute approximate surface area is 169 Å². The summed E-state index contributed by atoms with van der Waals surface area (Å²) >= 11 is 0. The average molecular weight is 423 g/mol. The molecule has 0 fully saturated rings. The van der Waals surface area contributed by atoms with Crippen LogP contribution >= 0.6 is 0 Å². The lowest BCUT2D eigenvalue weighted by Gasteiger charge is -2.22. The normalized spacial score (nSPS) is 18.4. The SMILES string of the molecule is O=C(NCc1cccc(CC2(C(=O)O)C=CCO2)c1)c1ccc(C(F)(F)F)cc1F. The summed E-state index contributed by atoms with van der Waals surface area (Å²) in [6.07, 6.45) is -1.52. The molecule has 5 nitrogen and oxygen atoms in total. The number of rotatable bonds is 6. The highest BCUT2D eigenvalue weighted by molar-refractivity contribution is 5.94. The topological polar surface area (TPSA) is 75.6 Å². The predicted molar refractivity (Wildman–Crippen MR) is 98.2 cm³/mol. The van der Waals surface area contributed by atoms with Crippen molar-refractivity contribution < 1.29 is 37.0 Å². The van der Waals surface area contributed by atoms with Crippen LogP contribution in [0.5, 0.6) is 0 Å². The van der Waals surface area contributed by atoms with E-state index in [1.54, 1.807) is 30.3 Å². The van der Waals surface area contributed by atoms with Gasteiger partial charge in [-0.25, -0.2) is 9.18 Å². The summed E-state index contributed by atoms with van der Waals surface area (Å²) in [7, 11) is 0. The Hall–Kier alpha value is -3.20. The average Bonchev–Trinajstić information content (AvgIpc) is 3.15. The van der Waals surface area contributed by atoms with E-state index in [0.717, 1.165) is 6.07 Å². The number of carboxylic acid groups (broad SMARTS) is 1. The quantitative estimate of drug-likeness (QED) is 0.549. The fourth-order valence-electron chi connectivity index (χ4n) is 3.11. The Kier molecular flexibility index (Phi) is 5.93. The number of hydrogen-bond donors (Lipinski definition) is 2. The highest BCUT2D eigenvalue weighted by Crippen LogP contribution is 2.30. The van der Waals surface area contributed by atoms with Crippen LogP contribution in [-0.2, 0) is 28.7 Å². The van der Waals surface area contributed by atoms with Crippen molar-refractivity contribution in [2.24, 2.45) is 0 Å². The summed E-state index contributed by atoms with van der Waals surface area (Å²) < 4.78 is 57.1. The van der Waals surface area contributed by atoms with Gasteiger partial charge in [0.15, 0.2) is 5.60 Å². The van der Waals surface area contributed by atoms with E-state index in [9.17, 15) is 32.3 Å². The zero-order valence-corrected chi connectivity index (χ0v) is 15.5. The van der Waals surface area contributed by atoms with E-state index in [0.29, 0.717) is 17.2 Å². The van der Waals surface area contributed by atoms with Crippen LogP contribution in [0.2, 0.25) is 0 Å². The van der Waals surface area contributed by atoms with Crippen molar-refractivity contribution in [1.29, 1.82) is 0 Å². The van der Waals surface area contributed by atoms with Gasteiger partial charge in [-0.2, -0.15) is 13.2 Å². The third kappa shape index (κ3) is 4.68. The van der Waals surface area contributed by atoms with Gasteiger partial charge in [0.2, 0.25) is 0 Å². The van der Waals surface area contributed by atoms with Gasteiger partial charge in [-0.05, 0) is 35.4 Å². The molecule has 0 aliphatic carbocycles. The first-order valence-corrected chi connectivity index (χ1v) is 8.88. The molecule has 1 amide bonds. The molecule has 0 aromatic heterocycles. The van der Waals surface area contributed by atoms with E-state index in [1.807, 2.05) is 0 Å². The van der Waals surface area contributed by atoms with Crippen LogP contribution < -0.4 is 5.32 Å². The Balaban J connectivity index is 1.68. The number of carbonyl (C=O) groups excluding carboxylic acids is 1. The fraction of sp³-hybridized carbons (Fsp3) is 0.238. The van der Waals surface area contributed by atoms with Crippen molar-refractivity contribution in [2.75, 3.05) is 6.61 Å². The molecule has 2 aromatic carbocycles. The molecular weight excluding hydrogens is 406 g/mol. The third-order valence-electron chi connectivity index (χ3n) is 4.64. The first-order valence-electron chi connectivity index (χ1n) is 8.88. The first kappa shape index (κ1) is 21.5. The maximum atomic E-state index is 13.9. The van der Waals surface area contributed by atoms with Crippen LogP contribution in [0, 0.1) is 5.82 Å². The molecule has 2 N–H and O–H groups in total. The Bertz CT molecular complexity index is 1000. The van der Waals surface area contributed by atoms with Gasteiger partial charge in [-0.1, -0.05) is 30.3 Å². The number of carbonyl (C=O) groups is 2. The fourth-order valence-corrected chi connectivity index (χ4v) is 3.11. The maximum absolute atomic E-state index is 13.9. The molecule has 1 aliphatic heterocycles. The second-order valence-corrected chi connectivity index (χ2v) is 6.78. The number of hydrogen-bond acceptors (Lipinski definition) is 3. The standard InChI is InChI=1S/C21H17F4NO4/c22-17-10-15(21(23,24)25)5-6-16(17)18(27)26-12-14-4-1-3-13(9-14)11-20(19(28)29)7-2-8-30-20/h1-7,9-10H,8,11-12H2,(H,26,27)(H,28,29). The van der Waals surface area contributed by atoms with Crippen molar-refractivity contribution in [3.8, 4) is 0 Å². The molecule has 3 rings (SSSR count). The van der Waals surface area contributed by atoms with E-state index in [2.05, 4.69) is 5.32 Å². The minimum absolute atomic E-state index is 0.0239. The highest BCUT2D eigenvalue weighted by Gasteiger charge is 2.39. The number of nitrogens with one attached hydrogen (secondary N) is 1. The molecule has 9 heteroatoms. The van der Waals surface area contributed by atoms with Crippen molar-refractivity contribution in [3.63, 3.8) is 0 Å². The Morgan fingerprint density at radius 2 is 1.87 bits per heavy atom. The van der Waals surface area contributed by atoms with Gasteiger partial charge < -0.3 is 15.2 Å². The monoisotopic (exact) mass is 423 g/mol. The van der Waals surface area contributed by atoms with Crippen molar-refractivity contribution in [3.05, 3.63) is 82.7 Å². The molecule has 1 atom stereocenters. The summed E-state index contributed by atoms with van der Waals surface area (Å²) in [4.78, 5) is 23.7. The molecule has 158 valence electrons.